The number of aromatic nitrogens is 2. The molecule has 2 aliphatic rings. The standard InChI is InChI=1S/C28H32FN5O5/c1-16-13-34(17(2)12-33(16)14-18-4-6-19(29)7-5-18)27(37)22-10-21-23(11-30-25(21)31-26(22)39-3)24(36)28(38)32-9-8-20(35)15-32/h4-7,10-11,16-17,20,35H,8-9,12-15H2,1-3H3,(H,30,31)/t16-,17+,20?/m0/s1. The van der Waals surface area contributed by atoms with E-state index in [1.807, 2.05) is 13.8 Å². The van der Waals surface area contributed by atoms with Gasteiger partial charge in [0.1, 0.15) is 17.0 Å². The van der Waals surface area contributed by atoms with Crippen LogP contribution in [0.1, 0.15) is 46.5 Å². The molecule has 0 bridgehead atoms. The molecule has 0 spiro atoms. The number of nitrogens with zero attached hydrogens (tertiary/aromatic N) is 4. The lowest BCUT2D eigenvalue weighted by atomic mass is 10.0. The van der Waals surface area contributed by atoms with Crippen LogP contribution in [-0.2, 0) is 11.3 Å². The van der Waals surface area contributed by atoms with Gasteiger partial charge in [-0.3, -0.25) is 19.3 Å². The number of nitrogens with one attached hydrogen (secondary N) is 1. The number of amides is 2. The Morgan fingerprint density at radius 2 is 1.85 bits per heavy atom. The number of aliphatic hydroxyl groups excluding tert-OH is 1. The average molecular weight is 538 g/mol. The number of fused-ring (bicyclic) bond motifs is 1. The first-order valence-electron chi connectivity index (χ1n) is 13.0. The number of β-amino-alcohol motifs (C(OH)–C–C–N with tert-alkyl or cyclic N) is 1. The summed E-state index contributed by atoms with van der Waals surface area (Å²) >= 11 is 0. The smallest absolute Gasteiger partial charge is 0.295 e. The van der Waals surface area contributed by atoms with Crippen molar-refractivity contribution in [2.75, 3.05) is 33.3 Å². The van der Waals surface area contributed by atoms with Crippen molar-refractivity contribution in [2.24, 2.45) is 0 Å². The minimum Gasteiger partial charge on any atom is -0.480 e. The van der Waals surface area contributed by atoms with Crippen LogP contribution in [0.4, 0.5) is 4.39 Å². The topological polar surface area (TPSA) is 119 Å². The average Bonchev–Trinajstić information content (AvgIpc) is 3.55. The van der Waals surface area contributed by atoms with E-state index in [9.17, 15) is 23.9 Å². The summed E-state index contributed by atoms with van der Waals surface area (Å²) < 4.78 is 18.8. The molecule has 1 unspecified atom stereocenters. The van der Waals surface area contributed by atoms with Crippen LogP contribution in [0.5, 0.6) is 5.88 Å². The van der Waals surface area contributed by atoms with Gasteiger partial charge in [0.2, 0.25) is 5.88 Å². The third kappa shape index (κ3) is 5.24. The molecule has 2 N–H and O–H groups in total. The van der Waals surface area contributed by atoms with Crippen LogP contribution < -0.4 is 4.74 Å². The normalized spacial score (nSPS) is 21.9. The van der Waals surface area contributed by atoms with Gasteiger partial charge in [-0.2, -0.15) is 4.98 Å². The van der Waals surface area contributed by atoms with Crippen molar-refractivity contribution in [3.05, 3.63) is 59.0 Å². The summed E-state index contributed by atoms with van der Waals surface area (Å²) in [6.45, 7) is 6.15. The van der Waals surface area contributed by atoms with Crippen LogP contribution in [-0.4, -0.2) is 98.8 Å². The first-order valence-corrected chi connectivity index (χ1v) is 13.0. The van der Waals surface area contributed by atoms with Crippen LogP contribution in [0.3, 0.4) is 0 Å². The minimum atomic E-state index is -0.725. The number of Topliss-reactive ketones (excluding diaryl/α,β-unsaturated/α-hetero) is 1. The lowest BCUT2D eigenvalue weighted by Crippen LogP contribution is -2.57. The van der Waals surface area contributed by atoms with Gasteiger partial charge < -0.3 is 24.6 Å². The molecule has 0 radical (unpaired) electrons. The van der Waals surface area contributed by atoms with Gasteiger partial charge in [0.25, 0.3) is 17.6 Å². The molecule has 2 amide bonds. The van der Waals surface area contributed by atoms with Gasteiger partial charge in [0, 0.05) is 56.4 Å². The zero-order valence-electron chi connectivity index (χ0n) is 22.2. The molecule has 206 valence electrons. The van der Waals surface area contributed by atoms with E-state index >= 15 is 0 Å². The van der Waals surface area contributed by atoms with E-state index in [0.29, 0.717) is 43.6 Å². The molecule has 2 fully saturated rings. The minimum absolute atomic E-state index is 0.0377. The van der Waals surface area contributed by atoms with E-state index in [1.54, 1.807) is 23.1 Å². The van der Waals surface area contributed by atoms with Gasteiger partial charge >= 0.3 is 0 Å². The highest BCUT2D eigenvalue weighted by atomic mass is 19.1. The monoisotopic (exact) mass is 537 g/mol. The molecule has 2 aromatic heterocycles. The number of H-pyrrole nitrogens is 1. The molecule has 2 aliphatic heterocycles. The van der Waals surface area contributed by atoms with Crippen LogP contribution in [0, 0.1) is 5.82 Å². The number of carbonyl (C=O) groups is 3. The predicted molar refractivity (Wildman–Crippen MR) is 141 cm³/mol. The molecule has 3 atom stereocenters. The highest BCUT2D eigenvalue weighted by Gasteiger charge is 2.35. The van der Waals surface area contributed by atoms with Crippen molar-refractivity contribution < 1.29 is 28.6 Å². The van der Waals surface area contributed by atoms with Crippen molar-refractivity contribution in [1.82, 2.24) is 24.7 Å². The molecule has 0 saturated carbocycles. The number of piperazine rings is 1. The van der Waals surface area contributed by atoms with Gasteiger partial charge in [-0.25, -0.2) is 4.39 Å². The second-order valence-corrected chi connectivity index (χ2v) is 10.4. The number of aliphatic hydroxyl groups is 1. The number of ether oxygens (including phenoxy) is 1. The van der Waals surface area contributed by atoms with Crippen LogP contribution in [0.2, 0.25) is 0 Å². The summed E-state index contributed by atoms with van der Waals surface area (Å²) in [5.74, 6) is -1.86. The Bertz CT molecular complexity index is 1410. The van der Waals surface area contributed by atoms with Crippen LogP contribution in [0.15, 0.2) is 36.5 Å². The molecular weight excluding hydrogens is 505 g/mol. The number of hydrogen-bond donors (Lipinski definition) is 2. The summed E-state index contributed by atoms with van der Waals surface area (Å²) in [4.78, 5) is 52.4. The molecule has 11 heteroatoms. The molecule has 2 saturated heterocycles. The lowest BCUT2D eigenvalue weighted by Gasteiger charge is -2.44. The Morgan fingerprint density at radius 1 is 1.10 bits per heavy atom. The highest BCUT2D eigenvalue weighted by Crippen LogP contribution is 2.29. The Morgan fingerprint density at radius 3 is 2.51 bits per heavy atom. The van der Waals surface area contributed by atoms with Crippen molar-refractivity contribution >= 4 is 28.6 Å². The molecule has 39 heavy (non-hydrogen) atoms. The maximum Gasteiger partial charge on any atom is 0.295 e. The molecule has 4 heterocycles. The zero-order valence-corrected chi connectivity index (χ0v) is 22.2. The summed E-state index contributed by atoms with van der Waals surface area (Å²) in [7, 11) is 1.43. The van der Waals surface area contributed by atoms with Crippen LogP contribution >= 0.6 is 0 Å². The number of carbonyl (C=O) groups excluding carboxylic acids is 3. The number of aromatic amines is 1. The van der Waals surface area contributed by atoms with Gasteiger partial charge in [-0.1, -0.05) is 12.1 Å². The molecule has 0 aliphatic carbocycles. The Kier molecular flexibility index (Phi) is 7.37. The van der Waals surface area contributed by atoms with Gasteiger partial charge in [0.15, 0.2) is 0 Å². The lowest BCUT2D eigenvalue weighted by molar-refractivity contribution is -0.125. The fraction of sp³-hybridized carbons (Fsp3) is 0.429. The van der Waals surface area contributed by atoms with Gasteiger partial charge in [-0.05, 0) is 44.0 Å². The van der Waals surface area contributed by atoms with E-state index in [-0.39, 0.29) is 47.4 Å². The van der Waals surface area contributed by atoms with Gasteiger partial charge in [-0.15, -0.1) is 0 Å². The number of halogens is 1. The Hall–Kier alpha value is -3.83. The zero-order chi connectivity index (χ0) is 27.8. The van der Waals surface area contributed by atoms with E-state index < -0.39 is 17.8 Å². The largest absolute Gasteiger partial charge is 0.480 e. The molecule has 10 nitrogen and oxygen atoms in total. The van der Waals surface area contributed by atoms with Crippen molar-refractivity contribution in [2.45, 2.75) is 45.0 Å². The SMILES string of the molecule is COc1nc2[nH]cc(C(=O)C(=O)N3CCC(O)C3)c2cc1C(=O)N1C[C@H](C)N(Cc2ccc(F)cc2)C[C@H]1C. The Balaban J connectivity index is 1.38. The summed E-state index contributed by atoms with van der Waals surface area (Å²) in [6, 6.07) is 7.88. The number of pyridine rings is 1. The summed E-state index contributed by atoms with van der Waals surface area (Å²) in [6.07, 6.45) is 1.20. The van der Waals surface area contributed by atoms with E-state index in [1.165, 1.54) is 30.3 Å². The number of methoxy groups -OCH3 is 1. The quantitative estimate of drug-likeness (QED) is 0.366. The van der Waals surface area contributed by atoms with Crippen LogP contribution in [0.25, 0.3) is 11.0 Å². The van der Waals surface area contributed by atoms with Crippen molar-refractivity contribution in [3.8, 4) is 5.88 Å². The molecule has 3 aromatic rings. The Labute approximate surface area is 225 Å². The van der Waals surface area contributed by atoms with Gasteiger partial charge in [0.05, 0.1) is 18.8 Å². The first kappa shape index (κ1) is 26.8. The fourth-order valence-corrected chi connectivity index (χ4v) is 5.39. The van der Waals surface area contributed by atoms with E-state index in [0.717, 1.165) is 5.56 Å². The number of benzene rings is 1. The second-order valence-electron chi connectivity index (χ2n) is 10.4. The first-order chi connectivity index (χ1) is 18.7. The predicted octanol–water partition coefficient (Wildman–Crippen LogP) is 2.22. The van der Waals surface area contributed by atoms with Crippen molar-refractivity contribution in [3.63, 3.8) is 0 Å². The second kappa shape index (κ2) is 10.7. The molecular formula is C28H32FN5O5. The maximum absolute atomic E-state index is 13.8. The number of rotatable bonds is 6. The maximum atomic E-state index is 13.8. The number of hydrogen-bond acceptors (Lipinski definition) is 7. The van der Waals surface area contributed by atoms with Crippen molar-refractivity contribution in [1.29, 1.82) is 0 Å². The number of ketones is 1. The third-order valence-electron chi connectivity index (χ3n) is 7.62. The fourth-order valence-electron chi connectivity index (χ4n) is 5.39. The highest BCUT2D eigenvalue weighted by molar-refractivity contribution is 6.44. The third-order valence-corrected chi connectivity index (χ3v) is 7.62. The van der Waals surface area contributed by atoms with E-state index in [4.69, 9.17) is 4.74 Å². The summed E-state index contributed by atoms with van der Waals surface area (Å²) in [5, 5.41) is 10.1. The molecule has 5 rings (SSSR count). The van der Waals surface area contributed by atoms with E-state index in [2.05, 4.69) is 14.9 Å². The number of likely N-dealkylation sites (tertiary alicyclic amines) is 1. The molecule has 1 aromatic carbocycles. The summed E-state index contributed by atoms with van der Waals surface area (Å²) in [5.41, 5.74) is 1.64.